The Morgan fingerprint density at radius 2 is 2.05 bits per heavy atom. The molecule has 0 spiro atoms. The standard InChI is InChI=1S/C16H26N2O/c1-4-18-8-9-19-15(12-18)10-17-11-16-13(2)6-5-7-14(16)3/h5-7,15,17H,4,8-12H2,1-3H3. The first-order chi connectivity index (χ1) is 9.20. The van der Waals surface area contributed by atoms with E-state index < -0.39 is 0 Å². The predicted molar refractivity (Wildman–Crippen MR) is 79.5 cm³/mol. The zero-order valence-electron chi connectivity index (χ0n) is 12.4. The highest BCUT2D eigenvalue weighted by Gasteiger charge is 2.18. The molecule has 1 saturated heterocycles. The largest absolute Gasteiger partial charge is 0.374 e. The minimum Gasteiger partial charge on any atom is -0.374 e. The van der Waals surface area contributed by atoms with Gasteiger partial charge >= 0.3 is 0 Å². The van der Waals surface area contributed by atoms with Gasteiger partial charge in [0.15, 0.2) is 0 Å². The summed E-state index contributed by atoms with van der Waals surface area (Å²) in [5, 5.41) is 3.55. The van der Waals surface area contributed by atoms with Gasteiger partial charge in [-0.05, 0) is 37.1 Å². The van der Waals surface area contributed by atoms with Crippen molar-refractivity contribution in [3.8, 4) is 0 Å². The second kappa shape index (κ2) is 7.04. The third-order valence-corrected chi connectivity index (χ3v) is 3.99. The van der Waals surface area contributed by atoms with Crippen LogP contribution in [-0.2, 0) is 11.3 Å². The molecule has 1 aliphatic rings. The maximum Gasteiger partial charge on any atom is 0.0826 e. The Hall–Kier alpha value is -0.900. The van der Waals surface area contributed by atoms with E-state index in [4.69, 9.17) is 4.74 Å². The summed E-state index contributed by atoms with van der Waals surface area (Å²) in [7, 11) is 0. The molecule has 1 fully saturated rings. The molecule has 106 valence electrons. The SMILES string of the molecule is CCN1CCOC(CNCc2c(C)cccc2C)C1. The molecule has 0 amide bonds. The molecule has 0 aliphatic carbocycles. The van der Waals surface area contributed by atoms with Gasteiger partial charge in [0.05, 0.1) is 12.7 Å². The zero-order chi connectivity index (χ0) is 13.7. The number of rotatable bonds is 5. The van der Waals surface area contributed by atoms with Gasteiger partial charge in [0.1, 0.15) is 0 Å². The molecule has 2 rings (SSSR count). The van der Waals surface area contributed by atoms with Crippen molar-refractivity contribution in [2.45, 2.75) is 33.4 Å². The van der Waals surface area contributed by atoms with Gasteiger partial charge in [0.25, 0.3) is 0 Å². The molecule has 0 saturated carbocycles. The van der Waals surface area contributed by atoms with E-state index in [9.17, 15) is 0 Å². The molecule has 1 aromatic rings. The van der Waals surface area contributed by atoms with E-state index >= 15 is 0 Å². The lowest BCUT2D eigenvalue weighted by Gasteiger charge is -2.32. The Kier molecular flexibility index (Phi) is 5.37. The maximum absolute atomic E-state index is 5.80. The molecule has 3 nitrogen and oxygen atoms in total. The first-order valence-electron chi connectivity index (χ1n) is 7.30. The third-order valence-electron chi connectivity index (χ3n) is 3.99. The average Bonchev–Trinajstić information content (AvgIpc) is 2.42. The van der Waals surface area contributed by atoms with Crippen LogP contribution in [0.25, 0.3) is 0 Å². The number of hydrogen-bond donors (Lipinski definition) is 1. The van der Waals surface area contributed by atoms with Gasteiger partial charge in [-0.2, -0.15) is 0 Å². The van der Waals surface area contributed by atoms with E-state index in [2.05, 4.69) is 49.2 Å². The summed E-state index contributed by atoms with van der Waals surface area (Å²) in [6.07, 6.45) is 0.332. The van der Waals surface area contributed by atoms with Gasteiger partial charge in [-0.3, -0.25) is 4.90 Å². The summed E-state index contributed by atoms with van der Waals surface area (Å²) >= 11 is 0. The molecule has 1 heterocycles. The van der Waals surface area contributed by atoms with E-state index in [1.807, 2.05) is 0 Å². The molecule has 0 radical (unpaired) electrons. The summed E-state index contributed by atoms with van der Waals surface area (Å²) in [5.41, 5.74) is 4.16. The number of morpholine rings is 1. The second-order valence-corrected chi connectivity index (χ2v) is 5.39. The monoisotopic (exact) mass is 262 g/mol. The average molecular weight is 262 g/mol. The van der Waals surface area contributed by atoms with E-state index in [1.54, 1.807) is 0 Å². The number of hydrogen-bond acceptors (Lipinski definition) is 3. The normalized spacial score (nSPS) is 20.7. The number of nitrogens with zero attached hydrogens (tertiary/aromatic N) is 1. The lowest BCUT2D eigenvalue weighted by Crippen LogP contribution is -2.46. The lowest BCUT2D eigenvalue weighted by atomic mass is 10.0. The van der Waals surface area contributed by atoms with Gasteiger partial charge in [0, 0.05) is 26.2 Å². The van der Waals surface area contributed by atoms with Crippen LogP contribution in [0.1, 0.15) is 23.6 Å². The molecule has 3 heteroatoms. The van der Waals surface area contributed by atoms with Crippen LogP contribution in [-0.4, -0.2) is 43.8 Å². The smallest absolute Gasteiger partial charge is 0.0826 e. The van der Waals surface area contributed by atoms with Gasteiger partial charge in [-0.1, -0.05) is 25.1 Å². The van der Waals surface area contributed by atoms with Crippen LogP contribution in [0, 0.1) is 13.8 Å². The van der Waals surface area contributed by atoms with Crippen LogP contribution in [0.15, 0.2) is 18.2 Å². The number of ether oxygens (including phenoxy) is 1. The minimum atomic E-state index is 0.332. The van der Waals surface area contributed by atoms with Crippen LogP contribution < -0.4 is 5.32 Å². The summed E-state index contributed by atoms with van der Waals surface area (Å²) in [4.78, 5) is 2.45. The molecular weight excluding hydrogens is 236 g/mol. The van der Waals surface area contributed by atoms with Gasteiger partial charge in [-0.15, -0.1) is 0 Å². The van der Waals surface area contributed by atoms with Crippen molar-refractivity contribution in [3.63, 3.8) is 0 Å². The van der Waals surface area contributed by atoms with Crippen LogP contribution in [0.3, 0.4) is 0 Å². The van der Waals surface area contributed by atoms with Crippen molar-refractivity contribution >= 4 is 0 Å². The Morgan fingerprint density at radius 1 is 1.32 bits per heavy atom. The zero-order valence-corrected chi connectivity index (χ0v) is 12.4. The fraction of sp³-hybridized carbons (Fsp3) is 0.625. The number of aryl methyl sites for hydroxylation is 2. The highest BCUT2D eigenvalue weighted by Crippen LogP contribution is 2.13. The maximum atomic E-state index is 5.80. The van der Waals surface area contributed by atoms with Crippen LogP contribution in [0.2, 0.25) is 0 Å². The Labute approximate surface area is 116 Å². The number of nitrogens with one attached hydrogen (secondary N) is 1. The fourth-order valence-corrected chi connectivity index (χ4v) is 2.68. The predicted octanol–water partition coefficient (Wildman–Crippen LogP) is 2.11. The first-order valence-corrected chi connectivity index (χ1v) is 7.30. The summed E-state index contributed by atoms with van der Waals surface area (Å²) in [6.45, 7) is 12.6. The molecule has 0 bridgehead atoms. The van der Waals surface area contributed by atoms with Gasteiger partial charge in [-0.25, -0.2) is 0 Å². The van der Waals surface area contributed by atoms with Gasteiger partial charge < -0.3 is 10.1 Å². The Bertz CT molecular complexity index is 385. The molecule has 1 N–H and O–H groups in total. The van der Waals surface area contributed by atoms with Crippen LogP contribution >= 0.6 is 0 Å². The molecule has 1 unspecified atom stereocenters. The number of likely N-dealkylation sites (N-methyl/N-ethyl adjacent to an activating group) is 1. The first kappa shape index (κ1) is 14.5. The highest BCUT2D eigenvalue weighted by atomic mass is 16.5. The molecule has 1 atom stereocenters. The summed E-state index contributed by atoms with van der Waals surface area (Å²) < 4.78 is 5.80. The van der Waals surface area contributed by atoms with Gasteiger partial charge in [0.2, 0.25) is 0 Å². The lowest BCUT2D eigenvalue weighted by molar-refractivity contribution is -0.0253. The fourth-order valence-electron chi connectivity index (χ4n) is 2.68. The van der Waals surface area contributed by atoms with Crippen molar-refractivity contribution < 1.29 is 4.74 Å². The molecule has 19 heavy (non-hydrogen) atoms. The summed E-state index contributed by atoms with van der Waals surface area (Å²) in [5.74, 6) is 0. The van der Waals surface area contributed by atoms with E-state index in [0.29, 0.717) is 6.10 Å². The van der Waals surface area contributed by atoms with Crippen LogP contribution in [0.5, 0.6) is 0 Å². The Balaban J connectivity index is 1.80. The topological polar surface area (TPSA) is 24.5 Å². The van der Waals surface area contributed by atoms with Crippen molar-refractivity contribution in [1.29, 1.82) is 0 Å². The molecular formula is C16H26N2O. The van der Waals surface area contributed by atoms with Crippen molar-refractivity contribution in [2.24, 2.45) is 0 Å². The second-order valence-electron chi connectivity index (χ2n) is 5.39. The van der Waals surface area contributed by atoms with Crippen molar-refractivity contribution in [1.82, 2.24) is 10.2 Å². The van der Waals surface area contributed by atoms with E-state index in [0.717, 1.165) is 39.3 Å². The third kappa shape index (κ3) is 4.03. The highest BCUT2D eigenvalue weighted by molar-refractivity contribution is 5.33. The minimum absolute atomic E-state index is 0.332. The van der Waals surface area contributed by atoms with E-state index in [1.165, 1.54) is 16.7 Å². The van der Waals surface area contributed by atoms with Crippen LogP contribution in [0.4, 0.5) is 0 Å². The molecule has 1 aliphatic heterocycles. The molecule has 1 aromatic carbocycles. The number of benzene rings is 1. The van der Waals surface area contributed by atoms with Crippen molar-refractivity contribution in [2.75, 3.05) is 32.8 Å². The summed E-state index contributed by atoms with van der Waals surface area (Å²) in [6, 6.07) is 6.48. The Morgan fingerprint density at radius 3 is 2.74 bits per heavy atom. The van der Waals surface area contributed by atoms with Crippen molar-refractivity contribution in [3.05, 3.63) is 34.9 Å². The molecule has 0 aromatic heterocycles. The van der Waals surface area contributed by atoms with E-state index in [-0.39, 0.29) is 0 Å². The quantitative estimate of drug-likeness (QED) is 0.879.